The summed E-state index contributed by atoms with van der Waals surface area (Å²) in [5.41, 5.74) is 10.5. The van der Waals surface area contributed by atoms with Gasteiger partial charge < -0.3 is 15.8 Å². The van der Waals surface area contributed by atoms with Gasteiger partial charge in [-0.15, -0.1) is 0 Å². The first kappa shape index (κ1) is 16.5. The number of hydrogen-bond donors (Lipinski definition) is 2. The van der Waals surface area contributed by atoms with Crippen molar-refractivity contribution in [1.82, 2.24) is 5.32 Å². The molecular weight excluding hydrogens is 304 g/mol. The van der Waals surface area contributed by atoms with Crippen LogP contribution >= 0.6 is 15.9 Å². The van der Waals surface area contributed by atoms with E-state index in [1.165, 1.54) is 26.7 Å². The number of halogens is 1. The molecule has 0 aliphatic rings. The summed E-state index contributed by atoms with van der Waals surface area (Å²) in [6, 6.07) is 0. The molecule has 0 amide bonds. The third kappa shape index (κ3) is 3.94. The maximum absolute atomic E-state index is 5.60. The molecular formula is C15H25BrN2O. The van der Waals surface area contributed by atoms with Gasteiger partial charge in [0.1, 0.15) is 5.75 Å². The minimum absolute atomic E-state index is 0.741. The Morgan fingerprint density at radius 1 is 1.11 bits per heavy atom. The second-order valence-corrected chi connectivity index (χ2v) is 5.64. The SMILES string of the molecule is COc1c(C)c(C)c(Br)c(C)c1CCNCCCN. The molecule has 0 saturated heterocycles. The van der Waals surface area contributed by atoms with Crippen LogP contribution in [0.15, 0.2) is 4.47 Å². The second-order valence-electron chi connectivity index (χ2n) is 4.84. The van der Waals surface area contributed by atoms with Crippen LogP contribution in [0.4, 0.5) is 0 Å². The molecule has 0 aromatic heterocycles. The zero-order chi connectivity index (χ0) is 14.4. The molecule has 0 aliphatic carbocycles. The lowest BCUT2D eigenvalue weighted by Gasteiger charge is -2.19. The predicted octanol–water partition coefficient (Wildman–Crippen LogP) is 2.86. The number of nitrogens with one attached hydrogen (secondary N) is 1. The van der Waals surface area contributed by atoms with Gasteiger partial charge >= 0.3 is 0 Å². The summed E-state index contributed by atoms with van der Waals surface area (Å²) in [4.78, 5) is 0. The predicted molar refractivity (Wildman–Crippen MR) is 85.2 cm³/mol. The van der Waals surface area contributed by atoms with Crippen molar-refractivity contribution in [3.05, 3.63) is 26.7 Å². The van der Waals surface area contributed by atoms with Crippen molar-refractivity contribution < 1.29 is 4.74 Å². The molecule has 0 radical (unpaired) electrons. The number of hydrogen-bond acceptors (Lipinski definition) is 3. The normalized spacial score (nSPS) is 10.8. The number of methoxy groups -OCH3 is 1. The Morgan fingerprint density at radius 2 is 1.79 bits per heavy atom. The fraction of sp³-hybridized carbons (Fsp3) is 0.600. The van der Waals surface area contributed by atoms with E-state index in [4.69, 9.17) is 10.5 Å². The van der Waals surface area contributed by atoms with Crippen LogP contribution in [0.5, 0.6) is 5.75 Å². The summed E-state index contributed by atoms with van der Waals surface area (Å²) in [7, 11) is 1.75. The molecule has 1 aromatic rings. The van der Waals surface area contributed by atoms with Gasteiger partial charge in [0.25, 0.3) is 0 Å². The Labute approximate surface area is 125 Å². The lowest BCUT2D eigenvalue weighted by molar-refractivity contribution is 0.405. The Hall–Kier alpha value is -0.580. The van der Waals surface area contributed by atoms with Crippen LogP contribution in [0, 0.1) is 20.8 Å². The maximum atomic E-state index is 5.60. The van der Waals surface area contributed by atoms with E-state index >= 15 is 0 Å². The summed E-state index contributed by atoms with van der Waals surface area (Å²) < 4.78 is 6.80. The molecule has 0 atom stereocenters. The van der Waals surface area contributed by atoms with Crippen molar-refractivity contribution in [2.75, 3.05) is 26.7 Å². The maximum Gasteiger partial charge on any atom is 0.125 e. The molecule has 1 aromatic carbocycles. The van der Waals surface area contributed by atoms with Gasteiger partial charge in [0.15, 0.2) is 0 Å². The molecule has 0 fully saturated rings. The van der Waals surface area contributed by atoms with Crippen molar-refractivity contribution in [1.29, 1.82) is 0 Å². The van der Waals surface area contributed by atoms with Gasteiger partial charge in [-0.3, -0.25) is 0 Å². The molecule has 0 unspecified atom stereocenters. The van der Waals surface area contributed by atoms with Crippen LogP contribution in [0.3, 0.4) is 0 Å². The van der Waals surface area contributed by atoms with E-state index in [1.54, 1.807) is 7.11 Å². The molecule has 0 saturated carbocycles. The van der Waals surface area contributed by atoms with Crippen molar-refractivity contribution in [3.63, 3.8) is 0 Å². The molecule has 0 heterocycles. The molecule has 3 N–H and O–H groups in total. The Balaban J connectivity index is 2.87. The van der Waals surface area contributed by atoms with Crippen molar-refractivity contribution in [2.24, 2.45) is 5.73 Å². The second kappa shape index (κ2) is 7.88. The number of ether oxygens (including phenoxy) is 1. The van der Waals surface area contributed by atoms with E-state index in [1.807, 2.05) is 0 Å². The van der Waals surface area contributed by atoms with Crippen molar-refractivity contribution in [2.45, 2.75) is 33.6 Å². The van der Waals surface area contributed by atoms with Gasteiger partial charge in [-0.25, -0.2) is 0 Å². The van der Waals surface area contributed by atoms with E-state index in [0.29, 0.717) is 0 Å². The standard InChI is InChI=1S/C15H25BrN2O/c1-10-11(2)15(19-4)13(12(3)14(10)16)6-9-18-8-5-7-17/h18H,5-9,17H2,1-4H3. The Morgan fingerprint density at radius 3 is 2.37 bits per heavy atom. The van der Waals surface area contributed by atoms with Gasteiger partial charge in [-0.2, -0.15) is 0 Å². The van der Waals surface area contributed by atoms with Crippen LogP contribution < -0.4 is 15.8 Å². The van der Waals surface area contributed by atoms with Crippen LogP contribution in [0.25, 0.3) is 0 Å². The highest BCUT2D eigenvalue weighted by Gasteiger charge is 2.16. The van der Waals surface area contributed by atoms with Crippen molar-refractivity contribution >= 4 is 15.9 Å². The van der Waals surface area contributed by atoms with Crippen LogP contribution in [0.1, 0.15) is 28.7 Å². The van der Waals surface area contributed by atoms with Gasteiger partial charge in [0.2, 0.25) is 0 Å². The third-order valence-electron chi connectivity index (χ3n) is 3.60. The van der Waals surface area contributed by atoms with Gasteiger partial charge in [0.05, 0.1) is 7.11 Å². The summed E-state index contributed by atoms with van der Waals surface area (Å²) in [5, 5.41) is 3.42. The number of rotatable bonds is 7. The van der Waals surface area contributed by atoms with E-state index in [9.17, 15) is 0 Å². The van der Waals surface area contributed by atoms with E-state index in [0.717, 1.165) is 38.2 Å². The van der Waals surface area contributed by atoms with Crippen LogP contribution in [0.2, 0.25) is 0 Å². The van der Waals surface area contributed by atoms with Gasteiger partial charge in [-0.1, -0.05) is 15.9 Å². The van der Waals surface area contributed by atoms with Gasteiger partial charge in [0, 0.05) is 4.47 Å². The zero-order valence-electron chi connectivity index (χ0n) is 12.4. The highest BCUT2D eigenvalue weighted by molar-refractivity contribution is 9.10. The first-order chi connectivity index (χ1) is 9.04. The number of nitrogens with two attached hydrogens (primary N) is 1. The molecule has 0 bridgehead atoms. The molecule has 1 rings (SSSR count). The average molecular weight is 329 g/mol. The minimum Gasteiger partial charge on any atom is -0.496 e. The van der Waals surface area contributed by atoms with Crippen LogP contribution in [-0.2, 0) is 6.42 Å². The van der Waals surface area contributed by atoms with E-state index < -0.39 is 0 Å². The first-order valence-corrected chi connectivity index (χ1v) is 7.56. The van der Waals surface area contributed by atoms with E-state index in [-0.39, 0.29) is 0 Å². The number of benzene rings is 1. The first-order valence-electron chi connectivity index (χ1n) is 6.77. The fourth-order valence-electron chi connectivity index (χ4n) is 2.29. The largest absolute Gasteiger partial charge is 0.496 e. The molecule has 19 heavy (non-hydrogen) atoms. The van der Waals surface area contributed by atoms with Gasteiger partial charge in [-0.05, 0) is 75.5 Å². The van der Waals surface area contributed by atoms with Crippen LogP contribution in [-0.4, -0.2) is 26.7 Å². The molecule has 108 valence electrons. The highest BCUT2D eigenvalue weighted by Crippen LogP contribution is 2.36. The molecule has 3 nitrogen and oxygen atoms in total. The molecule has 0 aliphatic heterocycles. The summed E-state index contributed by atoms with van der Waals surface area (Å²) in [5.74, 6) is 1.03. The summed E-state index contributed by atoms with van der Waals surface area (Å²) >= 11 is 3.69. The quantitative estimate of drug-likeness (QED) is 0.756. The highest BCUT2D eigenvalue weighted by atomic mass is 79.9. The fourth-order valence-corrected chi connectivity index (χ4v) is 2.82. The monoisotopic (exact) mass is 328 g/mol. The Bertz CT molecular complexity index is 433. The lowest BCUT2D eigenvalue weighted by Crippen LogP contribution is -2.21. The minimum atomic E-state index is 0.741. The van der Waals surface area contributed by atoms with E-state index in [2.05, 4.69) is 42.0 Å². The Kier molecular flexibility index (Phi) is 6.83. The average Bonchev–Trinajstić information content (AvgIpc) is 2.41. The molecule has 4 heteroatoms. The van der Waals surface area contributed by atoms with Crippen molar-refractivity contribution in [3.8, 4) is 5.75 Å². The topological polar surface area (TPSA) is 47.3 Å². The smallest absolute Gasteiger partial charge is 0.125 e. The third-order valence-corrected chi connectivity index (χ3v) is 4.79. The summed E-state index contributed by atoms with van der Waals surface area (Å²) in [6.07, 6.45) is 1.99. The lowest BCUT2D eigenvalue weighted by atomic mass is 9.97. The molecule has 0 spiro atoms. The summed E-state index contributed by atoms with van der Waals surface area (Å²) in [6.45, 7) is 9.05. The zero-order valence-corrected chi connectivity index (χ0v) is 14.0.